The monoisotopic (exact) mass is 289 g/mol. The number of benzene rings is 1. The summed E-state index contributed by atoms with van der Waals surface area (Å²) in [5.74, 6) is -0.860. The van der Waals surface area contributed by atoms with E-state index in [0.29, 0.717) is 12.1 Å². The number of carbonyl (C=O) groups excluding carboxylic acids is 1. The van der Waals surface area contributed by atoms with Crippen LogP contribution >= 0.6 is 0 Å². The molecule has 21 heavy (non-hydrogen) atoms. The van der Waals surface area contributed by atoms with Crippen molar-refractivity contribution in [1.82, 2.24) is 4.90 Å². The maximum atomic E-state index is 12.4. The van der Waals surface area contributed by atoms with Crippen molar-refractivity contribution in [2.24, 2.45) is 0 Å². The van der Waals surface area contributed by atoms with E-state index in [1.54, 1.807) is 0 Å². The molecule has 1 N–H and O–H groups in total. The molecular formula is C17H23NO3. The van der Waals surface area contributed by atoms with Crippen molar-refractivity contribution in [2.45, 2.75) is 49.8 Å². The Morgan fingerprint density at radius 1 is 1.29 bits per heavy atom. The number of ether oxygens (including phenoxy) is 1. The van der Waals surface area contributed by atoms with Gasteiger partial charge < -0.3 is 14.7 Å². The van der Waals surface area contributed by atoms with Crippen LogP contribution in [0.5, 0.6) is 0 Å². The van der Waals surface area contributed by atoms with Gasteiger partial charge in [-0.3, -0.25) is 4.79 Å². The van der Waals surface area contributed by atoms with Crippen molar-refractivity contribution < 1.29 is 14.6 Å². The van der Waals surface area contributed by atoms with Crippen LogP contribution in [0.3, 0.4) is 0 Å². The van der Waals surface area contributed by atoms with Crippen LogP contribution in [0.15, 0.2) is 30.3 Å². The number of carbonyl (C=O) groups is 1. The van der Waals surface area contributed by atoms with Gasteiger partial charge in [-0.15, -0.1) is 0 Å². The minimum atomic E-state index is -0.566. The van der Waals surface area contributed by atoms with Crippen LogP contribution in [-0.2, 0) is 9.53 Å². The molecule has 2 heterocycles. The van der Waals surface area contributed by atoms with Crippen LogP contribution in [0.1, 0.15) is 37.2 Å². The van der Waals surface area contributed by atoms with Gasteiger partial charge >= 0.3 is 5.97 Å². The Kier molecular flexibility index (Phi) is 4.27. The largest absolute Gasteiger partial charge is 0.462 e. The van der Waals surface area contributed by atoms with E-state index in [4.69, 9.17) is 4.74 Å². The maximum Gasteiger partial charge on any atom is 0.316 e. The summed E-state index contributed by atoms with van der Waals surface area (Å²) >= 11 is 0. The van der Waals surface area contributed by atoms with E-state index in [1.807, 2.05) is 30.3 Å². The molecule has 2 saturated heterocycles. The fraction of sp³-hybridized carbons (Fsp3) is 0.588. The highest BCUT2D eigenvalue weighted by molar-refractivity contribution is 5.78. The van der Waals surface area contributed by atoms with E-state index in [-0.39, 0.29) is 18.7 Å². The summed E-state index contributed by atoms with van der Waals surface area (Å²) in [5.41, 5.74) is 0.820. The van der Waals surface area contributed by atoms with E-state index < -0.39 is 5.92 Å². The number of aliphatic hydroxyl groups excluding tert-OH is 1. The van der Waals surface area contributed by atoms with Crippen LogP contribution in [-0.4, -0.2) is 47.8 Å². The van der Waals surface area contributed by atoms with Crippen molar-refractivity contribution in [3.63, 3.8) is 0 Å². The number of aliphatic hydroxyl groups is 1. The Labute approximate surface area is 125 Å². The molecule has 2 fully saturated rings. The quantitative estimate of drug-likeness (QED) is 0.861. The molecule has 2 bridgehead atoms. The molecule has 3 rings (SSSR count). The normalized spacial score (nSPS) is 30.1. The lowest BCUT2D eigenvalue weighted by Crippen LogP contribution is -2.43. The Bertz CT molecular complexity index is 476. The summed E-state index contributed by atoms with van der Waals surface area (Å²) in [4.78, 5) is 14.8. The Morgan fingerprint density at radius 2 is 1.90 bits per heavy atom. The van der Waals surface area contributed by atoms with Gasteiger partial charge in [0.25, 0.3) is 0 Å². The summed E-state index contributed by atoms with van der Waals surface area (Å²) in [6.07, 6.45) is 4.26. The molecule has 0 saturated carbocycles. The highest BCUT2D eigenvalue weighted by Crippen LogP contribution is 2.36. The van der Waals surface area contributed by atoms with Crippen molar-refractivity contribution in [1.29, 1.82) is 0 Å². The zero-order chi connectivity index (χ0) is 14.8. The minimum Gasteiger partial charge on any atom is -0.462 e. The highest BCUT2D eigenvalue weighted by Gasteiger charge is 2.40. The molecule has 2 aliphatic heterocycles. The van der Waals surface area contributed by atoms with Crippen LogP contribution in [0.25, 0.3) is 0 Å². The number of fused-ring (bicyclic) bond motifs is 2. The lowest BCUT2D eigenvalue weighted by Gasteiger charge is -2.36. The van der Waals surface area contributed by atoms with Crippen LogP contribution in [0.4, 0.5) is 0 Å². The molecule has 0 radical (unpaired) electrons. The number of nitrogens with zero attached hydrogens (tertiary/aromatic N) is 1. The molecule has 0 aromatic heterocycles. The fourth-order valence-electron chi connectivity index (χ4n) is 3.71. The first kappa shape index (κ1) is 14.5. The number of esters is 1. The van der Waals surface area contributed by atoms with E-state index in [2.05, 4.69) is 11.9 Å². The number of rotatable bonds is 4. The van der Waals surface area contributed by atoms with Gasteiger partial charge in [0.15, 0.2) is 0 Å². The van der Waals surface area contributed by atoms with E-state index in [1.165, 1.54) is 12.8 Å². The van der Waals surface area contributed by atoms with Gasteiger partial charge in [-0.2, -0.15) is 0 Å². The second kappa shape index (κ2) is 6.16. The summed E-state index contributed by atoms with van der Waals surface area (Å²) in [6.45, 7) is -0.206. The van der Waals surface area contributed by atoms with Gasteiger partial charge in [-0.25, -0.2) is 0 Å². The smallest absolute Gasteiger partial charge is 0.316 e. The van der Waals surface area contributed by atoms with E-state index in [9.17, 15) is 9.90 Å². The van der Waals surface area contributed by atoms with Crippen molar-refractivity contribution >= 4 is 5.97 Å². The summed E-state index contributed by atoms with van der Waals surface area (Å²) in [5, 5.41) is 9.53. The molecular weight excluding hydrogens is 266 g/mol. The van der Waals surface area contributed by atoms with Gasteiger partial charge in [0.2, 0.25) is 0 Å². The fourth-order valence-corrected chi connectivity index (χ4v) is 3.71. The first-order chi connectivity index (χ1) is 10.2. The minimum absolute atomic E-state index is 0.00367. The molecule has 114 valence electrons. The predicted molar refractivity (Wildman–Crippen MR) is 80.0 cm³/mol. The average Bonchev–Trinajstić information content (AvgIpc) is 2.72. The van der Waals surface area contributed by atoms with Gasteiger partial charge in [0.1, 0.15) is 12.0 Å². The van der Waals surface area contributed by atoms with Crippen molar-refractivity contribution in [3.05, 3.63) is 35.9 Å². The average molecular weight is 289 g/mol. The predicted octanol–water partition coefficient (Wildman–Crippen LogP) is 1.93. The van der Waals surface area contributed by atoms with Gasteiger partial charge in [0.05, 0.1) is 6.61 Å². The molecule has 4 nitrogen and oxygen atoms in total. The molecule has 0 amide bonds. The molecule has 2 unspecified atom stereocenters. The zero-order valence-corrected chi connectivity index (χ0v) is 12.4. The number of hydrogen-bond donors (Lipinski definition) is 1. The lowest BCUT2D eigenvalue weighted by molar-refractivity contribution is -0.155. The van der Waals surface area contributed by atoms with Crippen molar-refractivity contribution in [3.8, 4) is 0 Å². The standard InChI is InChI=1S/C17H23NO3/c1-18-13-7-8-14(18)10-15(9-13)21-17(20)16(11-19)12-5-3-2-4-6-12/h2-6,13-16,19H,7-11H2,1H3/t13-,14?,15?,16+/m1/s1. The SMILES string of the molecule is CN1C2CC[C@@H]1CC(OC(=O)[C@@H](CO)c1ccccc1)C2. The molecule has 1 aromatic rings. The molecule has 0 aliphatic carbocycles. The Morgan fingerprint density at radius 3 is 2.48 bits per heavy atom. The Hall–Kier alpha value is -1.39. The van der Waals surface area contributed by atoms with Crippen LogP contribution in [0.2, 0.25) is 0 Å². The number of piperidine rings is 1. The Balaban J connectivity index is 1.63. The molecule has 4 heteroatoms. The number of hydrogen-bond acceptors (Lipinski definition) is 4. The second-order valence-electron chi connectivity index (χ2n) is 6.23. The third-order valence-corrected chi connectivity index (χ3v) is 5.01. The first-order valence-electron chi connectivity index (χ1n) is 7.77. The summed E-state index contributed by atoms with van der Waals surface area (Å²) < 4.78 is 5.70. The first-order valence-corrected chi connectivity index (χ1v) is 7.77. The summed E-state index contributed by atoms with van der Waals surface area (Å²) in [6, 6.07) is 10.5. The zero-order valence-electron chi connectivity index (χ0n) is 12.4. The third kappa shape index (κ3) is 2.97. The van der Waals surface area contributed by atoms with Gasteiger partial charge in [0, 0.05) is 12.1 Å². The summed E-state index contributed by atoms with van der Waals surface area (Å²) in [7, 11) is 2.17. The molecule has 4 atom stereocenters. The van der Waals surface area contributed by atoms with Gasteiger partial charge in [-0.05, 0) is 38.3 Å². The topological polar surface area (TPSA) is 49.8 Å². The van der Waals surface area contributed by atoms with Gasteiger partial charge in [-0.1, -0.05) is 30.3 Å². The van der Waals surface area contributed by atoms with E-state index in [0.717, 1.165) is 18.4 Å². The molecule has 0 spiro atoms. The maximum absolute atomic E-state index is 12.4. The van der Waals surface area contributed by atoms with Crippen LogP contribution < -0.4 is 0 Å². The molecule has 1 aromatic carbocycles. The third-order valence-electron chi connectivity index (χ3n) is 5.01. The second-order valence-corrected chi connectivity index (χ2v) is 6.23. The van der Waals surface area contributed by atoms with Crippen molar-refractivity contribution in [2.75, 3.05) is 13.7 Å². The van der Waals surface area contributed by atoms with E-state index >= 15 is 0 Å². The lowest BCUT2D eigenvalue weighted by atomic mass is 9.98. The molecule has 2 aliphatic rings. The van der Waals surface area contributed by atoms with Crippen LogP contribution in [0, 0.1) is 0 Å². The highest BCUT2D eigenvalue weighted by atomic mass is 16.5.